The molecule has 3 rings (SSSR count). The Morgan fingerprint density at radius 1 is 1.03 bits per heavy atom. The van der Waals surface area contributed by atoms with Crippen LogP contribution in [0.3, 0.4) is 0 Å². The summed E-state index contributed by atoms with van der Waals surface area (Å²) in [6, 6.07) is 3.50. The summed E-state index contributed by atoms with van der Waals surface area (Å²) in [5.74, 6) is -3.45. The number of amides is 1. The second-order valence-corrected chi connectivity index (χ2v) is 9.27. The molecule has 1 heterocycles. The van der Waals surface area contributed by atoms with Crippen molar-refractivity contribution in [1.82, 2.24) is 15.0 Å². The average Bonchev–Trinajstić information content (AvgIpc) is 2.84. The van der Waals surface area contributed by atoms with E-state index in [0.29, 0.717) is 36.7 Å². The summed E-state index contributed by atoms with van der Waals surface area (Å²) >= 11 is 0. The Hall–Kier alpha value is -3.78. The van der Waals surface area contributed by atoms with Crippen LogP contribution in [0, 0.1) is 12.8 Å². The van der Waals surface area contributed by atoms with Crippen molar-refractivity contribution in [3.63, 3.8) is 0 Å². The van der Waals surface area contributed by atoms with Gasteiger partial charge >= 0.3 is 18.5 Å². The molecule has 1 aromatic heterocycles. The topological polar surface area (TPSA) is 96.9 Å². The molecule has 9 nitrogen and oxygen atoms in total. The molecule has 0 spiro atoms. The van der Waals surface area contributed by atoms with Gasteiger partial charge in [0.2, 0.25) is 5.95 Å². The second kappa shape index (κ2) is 11.9. The van der Waals surface area contributed by atoms with Gasteiger partial charge in [0.1, 0.15) is 11.6 Å². The van der Waals surface area contributed by atoms with Crippen molar-refractivity contribution in [2.24, 2.45) is 5.92 Å². The Bertz CT molecular complexity index is 1150. The summed E-state index contributed by atoms with van der Waals surface area (Å²) in [7, 11) is 3.71. The van der Waals surface area contributed by atoms with Crippen LogP contribution < -0.4 is 15.0 Å². The molecule has 1 N–H and O–H groups in total. The van der Waals surface area contributed by atoms with E-state index in [0.717, 1.165) is 35.6 Å². The molecule has 0 bridgehead atoms. The first-order chi connectivity index (χ1) is 18.1. The van der Waals surface area contributed by atoms with Gasteiger partial charge in [-0.25, -0.2) is 9.78 Å². The molecule has 0 saturated heterocycles. The maximum absolute atomic E-state index is 12.9. The number of carbonyl (C=O) groups excluding carboxylic acids is 2. The highest BCUT2D eigenvalue weighted by atomic mass is 19.4. The van der Waals surface area contributed by atoms with Gasteiger partial charge in [-0.15, -0.1) is 13.2 Å². The number of alkyl halides is 6. The molecule has 0 aliphatic heterocycles. The highest BCUT2D eigenvalue weighted by molar-refractivity contribution is 5.94. The van der Waals surface area contributed by atoms with Crippen molar-refractivity contribution in [3.8, 4) is 5.75 Å². The average molecular weight is 563 g/mol. The van der Waals surface area contributed by atoms with Gasteiger partial charge in [0, 0.05) is 37.5 Å². The molecule has 214 valence electrons. The van der Waals surface area contributed by atoms with Crippen LogP contribution in [0.5, 0.6) is 5.75 Å². The number of nitrogens with zero attached hydrogens (tertiary/aromatic N) is 4. The van der Waals surface area contributed by atoms with Gasteiger partial charge in [-0.3, -0.25) is 4.79 Å². The van der Waals surface area contributed by atoms with Crippen LogP contribution in [0.1, 0.15) is 41.6 Å². The number of rotatable bonds is 7. The zero-order chi connectivity index (χ0) is 29.0. The standard InChI is InChI=1S/C24H27F6N5O4/c1-14-12-31-22(33-19(14)34(2)3)32-17-8-4-15(5-9-17)13-35(39-21(37)23(25,26)27)20(36)16-6-10-18(11-7-16)38-24(28,29)30/h6-7,10-12,15,17H,4-5,8-9,13H2,1-3H3,(H,31,32,33). The molecule has 0 unspecified atom stereocenters. The molecule has 39 heavy (non-hydrogen) atoms. The highest BCUT2D eigenvalue weighted by Crippen LogP contribution is 2.29. The first-order valence-electron chi connectivity index (χ1n) is 11.9. The summed E-state index contributed by atoms with van der Waals surface area (Å²) in [5.41, 5.74) is 0.609. The molecule has 15 heteroatoms. The molecule has 2 aromatic rings. The molecule has 1 aromatic carbocycles. The molecule has 0 atom stereocenters. The van der Waals surface area contributed by atoms with Gasteiger partial charge in [-0.2, -0.15) is 23.2 Å². The minimum Gasteiger partial charge on any atom is -0.406 e. The fraction of sp³-hybridized carbons (Fsp3) is 0.500. The summed E-state index contributed by atoms with van der Waals surface area (Å²) < 4.78 is 79.5. The van der Waals surface area contributed by atoms with Crippen LogP contribution in [0.2, 0.25) is 0 Å². The Kier molecular flexibility index (Phi) is 9.12. The Morgan fingerprint density at radius 2 is 1.64 bits per heavy atom. The van der Waals surface area contributed by atoms with Crippen LogP contribution in [-0.4, -0.2) is 66.1 Å². The van der Waals surface area contributed by atoms with Crippen LogP contribution in [0.25, 0.3) is 0 Å². The fourth-order valence-corrected chi connectivity index (χ4v) is 4.12. The number of anilines is 2. The van der Waals surface area contributed by atoms with E-state index in [4.69, 9.17) is 0 Å². The van der Waals surface area contributed by atoms with E-state index in [9.17, 15) is 35.9 Å². The Balaban J connectivity index is 1.66. The quantitative estimate of drug-likeness (QED) is 0.376. The minimum atomic E-state index is -5.36. The van der Waals surface area contributed by atoms with Crippen molar-refractivity contribution in [2.45, 2.75) is 51.2 Å². The normalized spacial score (nSPS) is 17.8. The lowest BCUT2D eigenvalue weighted by atomic mass is 9.86. The zero-order valence-corrected chi connectivity index (χ0v) is 21.3. The van der Waals surface area contributed by atoms with Crippen LogP contribution in [0.4, 0.5) is 38.1 Å². The maximum atomic E-state index is 12.9. The molecule has 1 aliphatic carbocycles. The smallest absolute Gasteiger partial charge is 0.406 e. The van der Waals surface area contributed by atoms with E-state index in [2.05, 4.69) is 24.9 Å². The number of hydrogen-bond donors (Lipinski definition) is 1. The van der Waals surface area contributed by atoms with Crippen molar-refractivity contribution in [3.05, 3.63) is 41.6 Å². The molecule has 1 amide bonds. The third-order valence-corrected chi connectivity index (χ3v) is 5.96. The van der Waals surface area contributed by atoms with Crippen LogP contribution in [-0.2, 0) is 9.63 Å². The first kappa shape index (κ1) is 29.8. The van der Waals surface area contributed by atoms with Gasteiger partial charge in [0.05, 0.1) is 6.54 Å². The van der Waals surface area contributed by atoms with Crippen LogP contribution in [0.15, 0.2) is 30.5 Å². The van der Waals surface area contributed by atoms with Crippen molar-refractivity contribution < 1.29 is 45.5 Å². The summed E-state index contributed by atoms with van der Waals surface area (Å²) in [4.78, 5) is 39.4. The van der Waals surface area contributed by atoms with Gasteiger partial charge in [0.15, 0.2) is 0 Å². The van der Waals surface area contributed by atoms with Crippen LogP contribution >= 0.6 is 0 Å². The lowest BCUT2D eigenvalue weighted by molar-refractivity contribution is -0.274. The van der Waals surface area contributed by atoms with E-state index >= 15 is 0 Å². The molecular formula is C24H27F6N5O4. The highest BCUT2D eigenvalue weighted by Gasteiger charge is 2.44. The molecule has 1 aliphatic rings. The molecule has 0 radical (unpaired) electrons. The van der Waals surface area contributed by atoms with Crippen molar-refractivity contribution in [2.75, 3.05) is 30.9 Å². The Morgan fingerprint density at radius 3 is 2.18 bits per heavy atom. The number of nitrogens with one attached hydrogen (secondary N) is 1. The fourth-order valence-electron chi connectivity index (χ4n) is 4.12. The first-order valence-corrected chi connectivity index (χ1v) is 11.9. The number of hydrogen-bond acceptors (Lipinski definition) is 8. The van der Waals surface area contributed by atoms with E-state index < -0.39 is 30.2 Å². The number of aryl methyl sites for hydroxylation is 1. The summed E-state index contributed by atoms with van der Waals surface area (Å²) in [6.07, 6.45) is -6.50. The van der Waals surface area contributed by atoms with Gasteiger partial charge in [-0.05, 0) is 62.8 Å². The summed E-state index contributed by atoms with van der Waals surface area (Å²) in [6.45, 7) is 1.55. The molecule has 1 saturated carbocycles. The molecule has 1 fully saturated rings. The van der Waals surface area contributed by atoms with E-state index in [1.165, 1.54) is 0 Å². The minimum absolute atomic E-state index is 0.0259. The third-order valence-electron chi connectivity index (χ3n) is 5.96. The Labute approximate surface area is 220 Å². The third kappa shape index (κ3) is 8.61. The number of hydroxylamine groups is 2. The number of carbonyl (C=O) groups is 2. The zero-order valence-electron chi connectivity index (χ0n) is 21.3. The SMILES string of the molecule is Cc1cnc(NC2CCC(CN(OC(=O)C(F)(F)F)C(=O)c3ccc(OC(F)(F)F)cc3)CC2)nc1N(C)C. The predicted octanol–water partition coefficient (Wildman–Crippen LogP) is 4.88. The number of aromatic nitrogens is 2. The van der Waals surface area contributed by atoms with Gasteiger partial charge in [-0.1, -0.05) is 0 Å². The lowest BCUT2D eigenvalue weighted by Crippen LogP contribution is -2.42. The largest absolute Gasteiger partial charge is 0.573 e. The van der Waals surface area contributed by atoms with Crippen molar-refractivity contribution >= 4 is 23.6 Å². The number of halogens is 6. The summed E-state index contributed by atoms with van der Waals surface area (Å²) in [5, 5.41) is 3.55. The second-order valence-electron chi connectivity index (χ2n) is 9.27. The lowest BCUT2D eigenvalue weighted by Gasteiger charge is -2.32. The monoisotopic (exact) mass is 563 g/mol. The van der Waals surface area contributed by atoms with Gasteiger partial charge in [0.25, 0.3) is 5.91 Å². The molecular weight excluding hydrogens is 536 g/mol. The van der Waals surface area contributed by atoms with Crippen molar-refractivity contribution in [1.29, 1.82) is 0 Å². The van der Waals surface area contributed by atoms with Gasteiger partial charge < -0.3 is 19.8 Å². The maximum Gasteiger partial charge on any atom is 0.573 e. The number of benzene rings is 1. The van der Waals surface area contributed by atoms with E-state index in [-0.39, 0.29) is 24.1 Å². The van der Waals surface area contributed by atoms with E-state index in [1.807, 2.05) is 25.9 Å². The number of ether oxygens (including phenoxy) is 1. The van der Waals surface area contributed by atoms with E-state index in [1.54, 1.807) is 6.20 Å². The predicted molar refractivity (Wildman–Crippen MR) is 127 cm³/mol.